The number of aromatic carboxylic acids is 1. The number of hydrogen-bond donors (Lipinski definition) is 2. The quantitative estimate of drug-likeness (QED) is 0.752. The van der Waals surface area contributed by atoms with Crippen molar-refractivity contribution in [1.82, 2.24) is 4.98 Å². The summed E-state index contributed by atoms with van der Waals surface area (Å²) >= 11 is 0. The molecule has 5 heteroatoms. The van der Waals surface area contributed by atoms with E-state index in [2.05, 4.69) is 9.72 Å². The number of esters is 1. The molecule has 1 heterocycles. The molecular weight excluding hydrogens is 210 g/mol. The molecule has 0 spiro atoms. The first-order valence-corrected chi connectivity index (χ1v) is 4.56. The van der Waals surface area contributed by atoms with Gasteiger partial charge in [-0.15, -0.1) is 0 Å². The lowest BCUT2D eigenvalue weighted by molar-refractivity contribution is 0.0583. The molecule has 1 aromatic carbocycles. The number of H-pyrrole nitrogens is 1. The van der Waals surface area contributed by atoms with Crippen LogP contribution in [0.5, 0.6) is 0 Å². The first-order valence-electron chi connectivity index (χ1n) is 4.56. The van der Waals surface area contributed by atoms with E-state index >= 15 is 0 Å². The first kappa shape index (κ1) is 10.2. The molecule has 2 N–H and O–H groups in total. The average Bonchev–Trinajstić information content (AvgIpc) is 2.73. The number of fused-ring (bicyclic) bond motifs is 1. The highest BCUT2D eigenvalue weighted by molar-refractivity contribution is 6.06. The molecule has 0 saturated heterocycles. The van der Waals surface area contributed by atoms with E-state index in [1.807, 2.05) is 0 Å². The molecule has 0 radical (unpaired) electrons. The molecule has 16 heavy (non-hydrogen) atoms. The third kappa shape index (κ3) is 1.52. The molecule has 0 aliphatic heterocycles. The summed E-state index contributed by atoms with van der Waals surface area (Å²) in [6.07, 6.45) is 1.68. The molecule has 82 valence electrons. The maximum absolute atomic E-state index is 11.4. The zero-order chi connectivity index (χ0) is 11.7. The third-order valence-electron chi connectivity index (χ3n) is 2.33. The van der Waals surface area contributed by atoms with Crippen LogP contribution in [0.2, 0.25) is 0 Å². The number of benzene rings is 1. The minimum absolute atomic E-state index is 0.0463. The lowest BCUT2D eigenvalue weighted by Gasteiger charge is -2.04. The van der Waals surface area contributed by atoms with Crippen molar-refractivity contribution in [2.24, 2.45) is 0 Å². The van der Waals surface area contributed by atoms with Crippen LogP contribution in [0.3, 0.4) is 0 Å². The normalized spacial score (nSPS) is 10.3. The van der Waals surface area contributed by atoms with Crippen LogP contribution in [0.4, 0.5) is 0 Å². The fraction of sp³-hybridized carbons (Fsp3) is 0.0909. The van der Waals surface area contributed by atoms with Crippen molar-refractivity contribution in [3.63, 3.8) is 0 Å². The maximum Gasteiger partial charge on any atom is 0.338 e. The Morgan fingerprint density at radius 3 is 2.69 bits per heavy atom. The minimum Gasteiger partial charge on any atom is -0.478 e. The number of rotatable bonds is 2. The molecule has 2 aromatic rings. The van der Waals surface area contributed by atoms with E-state index in [0.29, 0.717) is 5.52 Å². The lowest BCUT2D eigenvalue weighted by Crippen LogP contribution is -2.09. The van der Waals surface area contributed by atoms with E-state index in [0.717, 1.165) is 5.39 Å². The van der Waals surface area contributed by atoms with Gasteiger partial charge in [-0.2, -0.15) is 0 Å². The number of aromatic nitrogens is 1. The van der Waals surface area contributed by atoms with Gasteiger partial charge in [0.15, 0.2) is 0 Å². The van der Waals surface area contributed by atoms with E-state index < -0.39 is 11.9 Å². The summed E-state index contributed by atoms with van der Waals surface area (Å²) in [7, 11) is 1.22. The van der Waals surface area contributed by atoms with Crippen LogP contribution < -0.4 is 0 Å². The van der Waals surface area contributed by atoms with Gasteiger partial charge < -0.3 is 14.8 Å². The zero-order valence-corrected chi connectivity index (χ0v) is 8.48. The van der Waals surface area contributed by atoms with Crippen LogP contribution in [0, 0.1) is 0 Å². The van der Waals surface area contributed by atoms with Crippen molar-refractivity contribution < 1.29 is 19.4 Å². The van der Waals surface area contributed by atoms with Crippen molar-refractivity contribution in [3.8, 4) is 0 Å². The second-order valence-electron chi connectivity index (χ2n) is 3.26. The highest BCUT2D eigenvalue weighted by Crippen LogP contribution is 2.20. The topological polar surface area (TPSA) is 79.4 Å². The Balaban J connectivity index is 2.72. The van der Waals surface area contributed by atoms with Crippen LogP contribution in [-0.2, 0) is 4.74 Å². The summed E-state index contributed by atoms with van der Waals surface area (Å²) in [5.74, 6) is -1.81. The maximum atomic E-state index is 11.4. The monoisotopic (exact) mass is 219 g/mol. The molecule has 0 amide bonds. The smallest absolute Gasteiger partial charge is 0.338 e. The Labute approximate surface area is 90.6 Å². The van der Waals surface area contributed by atoms with E-state index in [4.69, 9.17) is 5.11 Å². The van der Waals surface area contributed by atoms with Crippen LogP contribution in [0.25, 0.3) is 10.9 Å². The van der Waals surface area contributed by atoms with Gasteiger partial charge >= 0.3 is 11.9 Å². The van der Waals surface area contributed by atoms with Crippen molar-refractivity contribution in [2.45, 2.75) is 0 Å². The molecule has 1 aromatic heterocycles. The van der Waals surface area contributed by atoms with Gasteiger partial charge in [-0.05, 0) is 18.2 Å². The lowest BCUT2D eigenvalue weighted by atomic mass is 10.1. The van der Waals surface area contributed by atoms with Gasteiger partial charge in [0.1, 0.15) is 0 Å². The Bertz CT molecular complexity index is 570. The van der Waals surface area contributed by atoms with Crippen molar-refractivity contribution in [3.05, 3.63) is 35.5 Å². The van der Waals surface area contributed by atoms with Gasteiger partial charge in [0.2, 0.25) is 0 Å². The van der Waals surface area contributed by atoms with E-state index in [1.54, 1.807) is 12.3 Å². The predicted octanol–water partition coefficient (Wildman–Crippen LogP) is 1.65. The first-order chi connectivity index (χ1) is 7.63. The van der Waals surface area contributed by atoms with Gasteiger partial charge in [-0.1, -0.05) is 0 Å². The summed E-state index contributed by atoms with van der Waals surface area (Å²) < 4.78 is 4.54. The molecule has 2 rings (SSSR count). The van der Waals surface area contributed by atoms with Crippen LogP contribution in [0.15, 0.2) is 24.4 Å². The van der Waals surface area contributed by atoms with Gasteiger partial charge in [-0.3, -0.25) is 0 Å². The molecule has 0 bridgehead atoms. The molecule has 0 unspecified atom stereocenters. The second kappa shape index (κ2) is 3.69. The number of carbonyl (C=O) groups is 2. The second-order valence-corrected chi connectivity index (χ2v) is 3.26. The summed E-state index contributed by atoms with van der Waals surface area (Å²) in [5.41, 5.74) is 0.689. The Morgan fingerprint density at radius 2 is 2.06 bits per heavy atom. The van der Waals surface area contributed by atoms with Crippen molar-refractivity contribution in [1.29, 1.82) is 0 Å². The van der Waals surface area contributed by atoms with Gasteiger partial charge in [0.25, 0.3) is 0 Å². The number of hydrogen-bond acceptors (Lipinski definition) is 3. The van der Waals surface area contributed by atoms with Crippen LogP contribution in [-0.4, -0.2) is 29.1 Å². The highest BCUT2D eigenvalue weighted by Gasteiger charge is 2.18. The largest absolute Gasteiger partial charge is 0.478 e. The van der Waals surface area contributed by atoms with Crippen molar-refractivity contribution >= 4 is 22.8 Å². The Morgan fingerprint density at radius 1 is 1.31 bits per heavy atom. The highest BCUT2D eigenvalue weighted by atomic mass is 16.5. The van der Waals surface area contributed by atoms with Crippen LogP contribution in [0.1, 0.15) is 20.7 Å². The number of carboxylic acid groups (broad SMARTS) is 1. The zero-order valence-electron chi connectivity index (χ0n) is 8.48. The van der Waals surface area contributed by atoms with Crippen LogP contribution >= 0.6 is 0 Å². The molecule has 0 aliphatic rings. The fourth-order valence-corrected chi connectivity index (χ4v) is 1.56. The number of carboxylic acids is 1. The number of aromatic amines is 1. The summed E-state index contributed by atoms with van der Waals surface area (Å²) in [6, 6.07) is 4.66. The molecule has 0 aliphatic carbocycles. The number of ether oxygens (including phenoxy) is 1. The van der Waals surface area contributed by atoms with E-state index in [1.165, 1.54) is 19.2 Å². The number of carbonyl (C=O) groups excluding carboxylic acids is 1. The summed E-state index contributed by atoms with van der Waals surface area (Å²) in [6.45, 7) is 0. The standard InChI is InChI=1S/C11H9NO4/c1-16-11(15)8-5-9-6(2-3-12-9)4-7(8)10(13)14/h2-5,12H,1H3,(H,13,14). The van der Waals surface area contributed by atoms with E-state index in [9.17, 15) is 9.59 Å². The van der Waals surface area contributed by atoms with Gasteiger partial charge in [-0.25, -0.2) is 9.59 Å². The fourth-order valence-electron chi connectivity index (χ4n) is 1.56. The van der Waals surface area contributed by atoms with E-state index in [-0.39, 0.29) is 11.1 Å². The molecular formula is C11H9NO4. The number of nitrogens with one attached hydrogen (secondary N) is 1. The predicted molar refractivity (Wildman–Crippen MR) is 56.6 cm³/mol. The SMILES string of the molecule is COC(=O)c1cc2[nH]ccc2cc1C(=O)O. The molecule has 0 saturated carbocycles. The van der Waals surface area contributed by atoms with Crippen molar-refractivity contribution in [2.75, 3.05) is 7.11 Å². The molecule has 0 fully saturated rings. The molecule has 0 atom stereocenters. The van der Waals surface area contributed by atoms with Gasteiger partial charge in [0.05, 0.1) is 18.2 Å². The Kier molecular flexibility index (Phi) is 2.36. The molecule has 5 nitrogen and oxygen atoms in total. The third-order valence-corrected chi connectivity index (χ3v) is 2.33. The minimum atomic E-state index is -1.15. The summed E-state index contributed by atoms with van der Waals surface area (Å²) in [4.78, 5) is 25.3. The Hall–Kier alpha value is -2.30. The summed E-state index contributed by atoms with van der Waals surface area (Å²) in [5, 5.41) is 9.73. The van der Waals surface area contributed by atoms with Gasteiger partial charge in [0, 0.05) is 17.1 Å². The number of methoxy groups -OCH3 is 1. The average molecular weight is 219 g/mol.